The molecule has 0 heterocycles. The van der Waals surface area contributed by atoms with Crippen LogP contribution in [0.3, 0.4) is 0 Å². The van der Waals surface area contributed by atoms with Gasteiger partial charge in [-0.15, -0.1) is 0 Å². The highest BCUT2D eigenvalue weighted by Crippen LogP contribution is 2.34. The highest BCUT2D eigenvalue weighted by molar-refractivity contribution is 5.32. The van der Waals surface area contributed by atoms with Gasteiger partial charge in [-0.05, 0) is 49.3 Å². The number of benzene rings is 1. The zero-order valence-corrected chi connectivity index (χ0v) is 13.0. The van der Waals surface area contributed by atoms with Crippen LogP contribution in [0, 0.1) is 19.8 Å². The zero-order valence-electron chi connectivity index (χ0n) is 13.0. The fourth-order valence-corrected chi connectivity index (χ4v) is 3.40. The largest absolute Gasteiger partial charge is 0.379 e. The van der Waals surface area contributed by atoms with Gasteiger partial charge in [0.25, 0.3) is 0 Å². The maximum Gasteiger partial charge on any atom is 0.0806 e. The van der Waals surface area contributed by atoms with E-state index in [-0.39, 0.29) is 12.1 Å². The first-order chi connectivity index (χ1) is 9.67. The Kier molecular flexibility index (Phi) is 5.58. The Morgan fingerprint density at radius 2 is 1.85 bits per heavy atom. The van der Waals surface area contributed by atoms with Gasteiger partial charge in [0.15, 0.2) is 0 Å². The standard InChI is InChI=1S/C17H28N2O/c1-12-9-10-15(11-13(12)2)16(19-18)17(20-3)14-7-5-4-6-8-14/h9-11,14,16-17,19H,4-8,18H2,1-3H3. The molecule has 0 bridgehead atoms. The van der Waals surface area contributed by atoms with Gasteiger partial charge in [-0.2, -0.15) is 0 Å². The van der Waals surface area contributed by atoms with E-state index in [4.69, 9.17) is 10.6 Å². The van der Waals surface area contributed by atoms with E-state index in [2.05, 4.69) is 37.5 Å². The number of hydrogen-bond acceptors (Lipinski definition) is 3. The van der Waals surface area contributed by atoms with Gasteiger partial charge in [0.2, 0.25) is 0 Å². The Hall–Kier alpha value is -0.900. The maximum absolute atomic E-state index is 5.85. The molecule has 0 saturated heterocycles. The molecular formula is C17H28N2O. The van der Waals surface area contributed by atoms with E-state index in [1.54, 1.807) is 0 Å². The molecule has 0 aliphatic heterocycles. The van der Waals surface area contributed by atoms with Crippen molar-refractivity contribution >= 4 is 0 Å². The van der Waals surface area contributed by atoms with Crippen LogP contribution in [-0.2, 0) is 4.74 Å². The lowest BCUT2D eigenvalue weighted by atomic mass is 9.81. The fourth-order valence-electron chi connectivity index (χ4n) is 3.40. The van der Waals surface area contributed by atoms with Gasteiger partial charge in [0.1, 0.15) is 0 Å². The van der Waals surface area contributed by atoms with E-state index in [9.17, 15) is 0 Å². The molecule has 0 amide bonds. The molecule has 2 atom stereocenters. The Balaban J connectivity index is 2.21. The Bertz CT molecular complexity index is 427. The van der Waals surface area contributed by atoms with Crippen molar-refractivity contribution in [3.05, 3.63) is 34.9 Å². The molecule has 1 fully saturated rings. The third-order valence-corrected chi connectivity index (χ3v) is 4.78. The van der Waals surface area contributed by atoms with Crippen molar-refractivity contribution in [1.29, 1.82) is 0 Å². The maximum atomic E-state index is 5.85. The van der Waals surface area contributed by atoms with Crippen molar-refractivity contribution in [2.24, 2.45) is 11.8 Å². The molecule has 2 unspecified atom stereocenters. The molecule has 0 spiro atoms. The van der Waals surface area contributed by atoms with E-state index in [1.807, 2.05) is 7.11 Å². The molecule has 1 saturated carbocycles. The van der Waals surface area contributed by atoms with Crippen LogP contribution in [0.15, 0.2) is 18.2 Å². The van der Waals surface area contributed by atoms with Crippen LogP contribution >= 0.6 is 0 Å². The second kappa shape index (κ2) is 7.21. The summed E-state index contributed by atoms with van der Waals surface area (Å²) in [7, 11) is 1.81. The molecule has 3 N–H and O–H groups in total. The van der Waals surface area contributed by atoms with Crippen molar-refractivity contribution < 1.29 is 4.74 Å². The molecule has 112 valence electrons. The molecule has 1 aliphatic rings. The van der Waals surface area contributed by atoms with E-state index < -0.39 is 0 Å². The lowest BCUT2D eigenvalue weighted by Gasteiger charge is -2.35. The second-order valence-corrected chi connectivity index (χ2v) is 6.09. The molecule has 0 radical (unpaired) electrons. The van der Waals surface area contributed by atoms with Gasteiger partial charge in [-0.25, -0.2) is 0 Å². The zero-order chi connectivity index (χ0) is 14.5. The number of hydrogen-bond donors (Lipinski definition) is 2. The SMILES string of the molecule is COC(C1CCCCC1)C(NN)c1ccc(C)c(C)c1. The average Bonchev–Trinajstić information content (AvgIpc) is 2.48. The normalized spacial score (nSPS) is 19.8. The summed E-state index contributed by atoms with van der Waals surface area (Å²) in [6, 6.07) is 6.64. The van der Waals surface area contributed by atoms with E-state index in [0.29, 0.717) is 5.92 Å². The third-order valence-electron chi connectivity index (χ3n) is 4.78. The number of rotatable bonds is 5. The highest BCUT2D eigenvalue weighted by Gasteiger charge is 2.31. The smallest absolute Gasteiger partial charge is 0.0806 e. The molecule has 1 aromatic carbocycles. The quantitative estimate of drug-likeness (QED) is 0.640. The van der Waals surface area contributed by atoms with Crippen LogP contribution < -0.4 is 11.3 Å². The van der Waals surface area contributed by atoms with Crippen LogP contribution in [0.25, 0.3) is 0 Å². The van der Waals surface area contributed by atoms with Crippen molar-refractivity contribution in [2.75, 3.05) is 7.11 Å². The fraction of sp³-hybridized carbons (Fsp3) is 0.647. The van der Waals surface area contributed by atoms with E-state index >= 15 is 0 Å². The number of methoxy groups -OCH3 is 1. The molecule has 1 aliphatic carbocycles. The summed E-state index contributed by atoms with van der Waals surface area (Å²) in [4.78, 5) is 0. The molecule has 3 heteroatoms. The summed E-state index contributed by atoms with van der Waals surface area (Å²) in [5, 5.41) is 0. The van der Waals surface area contributed by atoms with Gasteiger partial charge in [-0.1, -0.05) is 37.5 Å². The van der Waals surface area contributed by atoms with Gasteiger partial charge in [0, 0.05) is 7.11 Å². The molecule has 20 heavy (non-hydrogen) atoms. The summed E-state index contributed by atoms with van der Waals surface area (Å²) in [6.45, 7) is 4.29. The summed E-state index contributed by atoms with van der Waals surface area (Å²) >= 11 is 0. The summed E-state index contributed by atoms with van der Waals surface area (Å²) in [5.74, 6) is 6.45. The molecule has 3 nitrogen and oxygen atoms in total. The van der Waals surface area contributed by atoms with E-state index in [0.717, 1.165) is 0 Å². The van der Waals surface area contributed by atoms with Gasteiger partial charge >= 0.3 is 0 Å². The minimum absolute atomic E-state index is 0.0717. The van der Waals surface area contributed by atoms with Crippen LogP contribution in [0.1, 0.15) is 54.8 Å². The van der Waals surface area contributed by atoms with Crippen molar-refractivity contribution in [3.8, 4) is 0 Å². The lowest BCUT2D eigenvalue weighted by molar-refractivity contribution is 0.00748. The van der Waals surface area contributed by atoms with Crippen LogP contribution in [0.5, 0.6) is 0 Å². The molecule has 0 aromatic heterocycles. The Labute approximate surface area is 122 Å². The van der Waals surface area contributed by atoms with Gasteiger partial charge in [0.05, 0.1) is 12.1 Å². The van der Waals surface area contributed by atoms with E-state index in [1.165, 1.54) is 48.8 Å². The van der Waals surface area contributed by atoms with Crippen molar-refractivity contribution in [1.82, 2.24) is 5.43 Å². The second-order valence-electron chi connectivity index (χ2n) is 6.09. The lowest BCUT2D eigenvalue weighted by Crippen LogP contribution is -2.42. The molecule has 1 aromatic rings. The predicted octanol–water partition coefficient (Wildman–Crippen LogP) is 3.40. The topological polar surface area (TPSA) is 47.3 Å². The minimum Gasteiger partial charge on any atom is -0.379 e. The van der Waals surface area contributed by atoms with Gasteiger partial charge in [-0.3, -0.25) is 11.3 Å². The highest BCUT2D eigenvalue weighted by atomic mass is 16.5. The summed E-state index contributed by atoms with van der Waals surface area (Å²) in [5.41, 5.74) is 6.84. The third kappa shape index (κ3) is 3.40. The van der Waals surface area contributed by atoms with Crippen LogP contribution in [0.4, 0.5) is 0 Å². The minimum atomic E-state index is 0.0717. The monoisotopic (exact) mass is 276 g/mol. The predicted molar refractivity (Wildman–Crippen MR) is 83.4 cm³/mol. The number of hydrazine groups is 1. The summed E-state index contributed by atoms with van der Waals surface area (Å²) in [6.07, 6.45) is 6.64. The molecule has 2 rings (SSSR count). The molecular weight excluding hydrogens is 248 g/mol. The Morgan fingerprint density at radius 1 is 1.15 bits per heavy atom. The number of aryl methyl sites for hydroxylation is 2. The summed E-state index contributed by atoms with van der Waals surface area (Å²) < 4.78 is 5.82. The van der Waals surface area contributed by atoms with Gasteiger partial charge < -0.3 is 4.74 Å². The average molecular weight is 276 g/mol. The first kappa shape index (κ1) is 15.5. The number of nitrogens with one attached hydrogen (secondary N) is 1. The number of nitrogens with two attached hydrogens (primary N) is 1. The van der Waals surface area contributed by atoms with Crippen LogP contribution in [0.2, 0.25) is 0 Å². The van der Waals surface area contributed by atoms with Crippen molar-refractivity contribution in [3.63, 3.8) is 0 Å². The van der Waals surface area contributed by atoms with Crippen molar-refractivity contribution in [2.45, 2.75) is 58.1 Å². The number of ether oxygens (including phenoxy) is 1. The van der Waals surface area contributed by atoms with Crippen LogP contribution in [-0.4, -0.2) is 13.2 Å². The Morgan fingerprint density at radius 3 is 2.40 bits per heavy atom. The first-order valence-corrected chi connectivity index (χ1v) is 7.73. The first-order valence-electron chi connectivity index (χ1n) is 7.73.